The van der Waals surface area contributed by atoms with E-state index in [-0.39, 0.29) is 16.8 Å². The number of anilines is 1. The summed E-state index contributed by atoms with van der Waals surface area (Å²) in [6.45, 7) is 5.93. The molecule has 1 aromatic carbocycles. The molecule has 7 heteroatoms. The summed E-state index contributed by atoms with van der Waals surface area (Å²) in [6.07, 6.45) is 2.45. The Hall–Kier alpha value is -2.41. The number of hydrogen-bond donors (Lipinski definition) is 2. The van der Waals surface area contributed by atoms with Crippen molar-refractivity contribution in [3.63, 3.8) is 0 Å². The minimum atomic E-state index is -3.35. The summed E-state index contributed by atoms with van der Waals surface area (Å²) in [5, 5.41) is 5.37. The molecule has 0 aliphatic rings. The Morgan fingerprint density at radius 3 is 2.46 bits per heavy atom. The highest BCUT2D eigenvalue weighted by Gasteiger charge is 2.13. The number of carbonyl (C=O) groups excluding carboxylic acids is 1. The Morgan fingerprint density at radius 2 is 1.83 bits per heavy atom. The van der Waals surface area contributed by atoms with Crippen LogP contribution in [0.2, 0.25) is 0 Å². The molecule has 0 bridgehead atoms. The molecule has 1 aromatic heterocycles. The number of benzene rings is 1. The van der Waals surface area contributed by atoms with E-state index in [1.54, 1.807) is 0 Å². The van der Waals surface area contributed by atoms with Gasteiger partial charge in [0.1, 0.15) is 5.82 Å². The van der Waals surface area contributed by atoms with E-state index in [0.29, 0.717) is 0 Å². The van der Waals surface area contributed by atoms with Gasteiger partial charge in [-0.3, -0.25) is 5.32 Å². The maximum Gasteiger partial charge on any atom is 0.320 e. The van der Waals surface area contributed by atoms with Crippen molar-refractivity contribution in [1.82, 2.24) is 10.3 Å². The van der Waals surface area contributed by atoms with E-state index in [4.69, 9.17) is 0 Å². The molecule has 0 radical (unpaired) electrons. The van der Waals surface area contributed by atoms with Gasteiger partial charge in [0.05, 0.1) is 10.9 Å². The van der Waals surface area contributed by atoms with E-state index < -0.39 is 15.9 Å². The highest BCUT2D eigenvalue weighted by atomic mass is 32.2. The number of aryl methyl sites for hydroxylation is 2. The Kier molecular flexibility index (Phi) is 5.23. The van der Waals surface area contributed by atoms with E-state index in [1.807, 2.05) is 39.0 Å². The third kappa shape index (κ3) is 4.55. The number of hydrogen-bond acceptors (Lipinski definition) is 4. The number of amides is 2. The Labute approximate surface area is 142 Å². The predicted octanol–water partition coefficient (Wildman–Crippen LogP) is 2.98. The van der Waals surface area contributed by atoms with Gasteiger partial charge in [-0.1, -0.05) is 18.2 Å². The topological polar surface area (TPSA) is 88.2 Å². The molecule has 1 heterocycles. The first-order chi connectivity index (χ1) is 11.2. The van der Waals surface area contributed by atoms with Crippen LogP contribution in [0.1, 0.15) is 29.7 Å². The van der Waals surface area contributed by atoms with Crippen molar-refractivity contribution in [3.8, 4) is 0 Å². The molecule has 0 spiro atoms. The molecule has 0 aliphatic heterocycles. The number of urea groups is 1. The van der Waals surface area contributed by atoms with Crippen LogP contribution in [-0.4, -0.2) is 25.7 Å². The predicted molar refractivity (Wildman–Crippen MR) is 93.8 cm³/mol. The Bertz CT molecular complexity index is 863. The van der Waals surface area contributed by atoms with E-state index >= 15 is 0 Å². The standard InChI is InChI=1S/C17H21N3O3S/c1-11-5-6-14(9-12(11)2)13(3)19-17(21)20-16-10-15(7-8-18-16)24(4,22)23/h5-10,13H,1-4H3,(H2,18,19,20,21). The van der Waals surface area contributed by atoms with Gasteiger partial charge in [-0.25, -0.2) is 18.2 Å². The molecule has 2 amide bonds. The molecule has 128 valence electrons. The van der Waals surface area contributed by atoms with Crippen molar-refractivity contribution < 1.29 is 13.2 Å². The van der Waals surface area contributed by atoms with Gasteiger partial charge in [-0.15, -0.1) is 0 Å². The van der Waals surface area contributed by atoms with E-state index in [1.165, 1.54) is 23.9 Å². The molecule has 0 fully saturated rings. The zero-order valence-corrected chi connectivity index (χ0v) is 14.9. The molecule has 0 saturated heterocycles. The van der Waals surface area contributed by atoms with Crippen molar-refractivity contribution in [2.24, 2.45) is 0 Å². The van der Waals surface area contributed by atoms with Gasteiger partial charge in [0, 0.05) is 12.5 Å². The lowest BCUT2D eigenvalue weighted by Crippen LogP contribution is -2.31. The first-order valence-corrected chi connectivity index (χ1v) is 9.37. The number of nitrogens with zero attached hydrogens (tertiary/aromatic N) is 1. The van der Waals surface area contributed by atoms with Gasteiger partial charge >= 0.3 is 6.03 Å². The van der Waals surface area contributed by atoms with Crippen LogP contribution in [0.3, 0.4) is 0 Å². The molecule has 6 nitrogen and oxygen atoms in total. The normalized spacial score (nSPS) is 12.5. The van der Waals surface area contributed by atoms with Crippen molar-refractivity contribution in [2.45, 2.75) is 31.7 Å². The first kappa shape index (κ1) is 17.9. The third-order valence-electron chi connectivity index (χ3n) is 3.78. The average Bonchev–Trinajstić information content (AvgIpc) is 2.49. The fraction of sp³-hybridized carbons (Fsp3) is 0.294. The van der Waals surface area contributed by atoms with E-state index in [0.717, 1.165) is 17.4 Å². The number of rotatable bonds is 4. The quantitative estimate of drug-likeness (QED) is 0.890. The van der Waals surface area contributed by atoms with Crippen molar-refractivity contribution in [2.75, 3.05) is 11.6 Å². The lowest BCUT2D eigenvalue weighted by atomic mass is 10.0. The van der Waals surface area contributed by atoms with Gasteiger partial charge in [-0.05, 0) is 49.6 Å². The zero-order valence-electron chi connectivity index (χ0n) is 14.1. The maximum atomic E-state index is 12.1. The second-order valence-corrected chi connectivity index (χ2v) is 7.83. The lowest BCUT2D eigenvalue weighted by molar-refractivity contribution is 0.249. The second-order valence-electron chi connectivity index (χ2n) is 5.81. The van der Waals surface area contributed by atoms with E-state index in [2.05, 4.69) is 15.6 Å². The fourth-order valence-corrected chi connectivity index (χ4v) is 2.81. The van der Waals surface area contributed by atoms with Crippen LogP contribution in [0.15, 0.2) is 41.4 Å². The largest absolute Gasteiger partial charge is 0.331 e. The van der Waals surface area contributed by atoms with Gasteiger partial charge in [-0.2, -0.15) is 0 Å². The van der Waals surface area contributed by atoms with Crippen LogP contribution in [0.25, 0.3) is 0 Å². The molecular formula is C17H21N3O3S. The van der Waals surface area contributed by atoms with Crippen LogP contribution < -0.4 is 10.6 Å². The molecule has 2 N–H and O–H groups in total. The Morgan fingerprint density at radius 1 is 1.12 bits per heavy atom. The molecule has 2 rings (SSSR count). The SMILES string of the molecule is Cc1ccc(C(C)NC(=O)Nc2cc(S(C)(=O)=O)ccn2)cc1C. The summed E-state index contributed by atoms with van der Waals surface area (Å²) in [7, 11) is -3.35. The van der Waals surface area contributed by atoms with Crippen molar-refractivity contribution in [3.05, 3.63) is 53.2 Å². The number of nitrogens with one attached hydrogen (secondary N) is 2. The fourth-order valence-electron chi connectivity index (χ4n) is 2.18. The molecular weight excluding hydrogens is 326 g/mol. The molecule has 2 aromatic rings. The molecule has 0 aliphatic carbocycles. The van der Waals surface area contributed by atoms with Crippen molar-refractivity contribution in [1.29, 1.82) is 0 Å². The molecule has 0 saturated carbocycles. The molecule has 1 atom stereocenters. The number of carbonyl (C=O) groups is 1. The lowest BCUT2D eigenvalue weighted by Gasteiger charge is -2.16. The highest BCUT2D eigenvalue weighted by Crippen LogP contribution is 2.17. The summed E-state index contributed by atoms with van der Waals surface area (Å²) in [5.41, 5.74) is 3.34. The first-order valence-electron chi connectivity index (χ1n) is 7.47. The highest BCUT2D eigenvalue weighted by molar-refractivity contribution is 7.90. The maximum absolute atomic E-state index is 12.1. The van der Waals surface area contributed by atoms with E-state index in [9.17, 15) is 13.2 Å². The summed E-state index contributed by atoms with van der Waals surface area (Å²) in [4.78, 5) is 16.2. The number of pyridine rings is 1. The van der Waals surface area contributed by atoms with Crippen LogP contribution >= 0.6 is 0 Å². The zero-order chi connectivity index (χ0) is 17.9. The van der Waals surface area contributed by atoms with Crippen LogP contribution in [-0.2, 0) is 9.84 Å². The van der Waals surface area contributed by atoms with Crippen LogP contribution in [0, 0.1) is 13.8 Å². The van der Waals surface area contributed by atoms with Gasteiger partial charge < -0.3 is 5.32 Å². The Balaban J connectivity index is 2.06. The summed E-state index contributed by atoms with van der Waals surface area (Å²) in [5.74, 6) is 0.183. The summed E-state index contributed by atoms with van der Waals surface area (Å²) < 4.78 is 23.1. The van der Waals surface area contributed by atoms with Crippen molar-refractivity contribution >= 4 is 21.7 Å². The van der Waals surface area contributed by atoms with Gasteiger partial charge in [0.15, 0.2) is 9.84 Å². The van der Waals surface area contributed by atoms with Gasteiger partial charge in [0.2, 0.25) is 0 Å². The van der Waals surface area contributed by atoms with Crippen LogP contribution in [0.5, 0.6) is 0 Å². The average molecular weight is 347 g/mol. The second kappa shape index (κ2) is 7.00. The van der Waals surface area contributed by atoms with Gasteiger partial charge in [0.25, 0.3) is 0 Å². The summed E-state index contributed by atoms with van der Waals surface area (Å²) in [6, 6.07) is 8.09. The number of aromatic nitrogens is 1. The molecule has 24 heavy (non-hydrogen) atoms. The monoisotopic (exact) mass is 347 g/mol. The summed E-state index contributed by atoms with van der Waals surface area (Å²) >= 11 is 0. The third-order valence-corrected chi connectivity index (χ3v) is 4.89. The minimum Gasteiger partial charge on any atom is -0.331 e. The smallest absolute Gasteiger partial charge is 0.320 e. The minimum absolute atomic E-state index is 0.106. The molecule has 1 unspecified atom stereocenters. The van der Waals surface area contributed by atoms with Crippen LogP contribution in [0.4, 0.5) is 10.6 Å². The number of sulfone groups is 1.